The van der Waals surface area contributed by atoms with Crippen LogP contribution in [-0.4, -0.2) is 39.8 Å². The molecule has 2 rings (SSSR count). The van der Waals surface area contributed by atoms with E-state index in [4.69, 9.17) is 5.11 Å². The molecule has 0 bridgehead atoms. The first kappa shape index (κ1) is 15.0. The van der Waals surface area contributed by atoms with Gasteiger partial charge in [-0.05, 0) is 50.4 Å². The molecule has 2 N–H and O–H groups in total. The summed E-state index contributed by atoms with van der Waals surface area (Å²) in [4.78, 5) is 13.4. The molecular weight excluding hydrogens is 254 g/mol. The van der Waals surface area contributed by atoms with Crippen molar-refractivity contribution in [2.75, 3.05) is 6.54 Å². The van der Waals surface area contributed by atoms with Gasteiger partial charge in [-0.3, -0.25) is 4.90 Å². The number of aromatic carboxylic acids is 1. The highest BCUT2D eigenvalue weighted by atomic mass is 16.4. The Morgan fingerprint density at radius 3 is 2.95 bits per heavy atom. The van der Waals surface area contributed by atoms with E-state index in [0.29, 0.717) is 11.6 Å². The van der Waals surface area contributed by atoms with Gasteiger partial charge in [-0.15, -0.1) is 0 Å². The molecular formula is C16H23NO3. The molecule has 0 radical (unpaired) electrons. The number of hydrogen-bond acceptors (Lipinski definition) is 3. The highest BCUT2D eigenvalue weighted by Gasteiger charge is 2.23. The minimum atomic E-state index is -0.883. The minimum absolute atomic E-state index is 0.286. The second-order valence-corrected chi connectivity index (χ2v) is 5.71. The molecule has 1 aromatic rings. The molecule has 1 fully saturated rings. The fourth-order valence-electron chi connectivity index (χ4n) is 2.97. The summed E-state index contributed by atoms with van der Waals surface area (Å²) in [5.41, 5.74) is 1.37. The Morgan fingerprint density at radius 2 is 2.25 bits per heavy atom. The molecule has 2 unspecified atom stereocenters. The number of carboxylic acid groups (broad SMARTS) is 1. The fraction of sp³-hybridized carbons (Fsp3) is 0.562. The zero-order chi connectivity index (χ0) is 14.5. The molecule has 1 heterocycles. The summed E-state index contributed by atoms with van der Waals surface area (Å²) in [5.74, 6) is -0.883. The van der Waals surface area contributed by atoms with Crippen LogP contribution in [0.1, 0.15) is 48.5 Å². The van der Waals surface area contributed by atoms with E-state index in [-0.39, 0.29) is 6.10 Å². The van der Waals surface area contributed by atoms with Crippen LogP contribution in [0, 0.1) is 0 Å². The van der Waals surface area contributed by atoms with Crippen LogP contribution in [0.4, 0.5) is 0 Å². The molecule has 4 nitrogen and oxygen atoms in total. The lowest BCUT2D eigenvalue weighted by Crippen LogP contribution is -2.40. The van der Waals surface area contributed by atoms with Gasteiger partial charge in [0.25, 0.3) is 0 Å². The molecule has 20 heavy (non-hydrogen) atoms. The number of aliphatic hydroxyl groups excluding tert-OH is 1. The Morgan fingerprint density at radius 1 is 1.45 bits per heavy atom. The lowest BCUT2D eigenvalue weighted by atomic mass is 9.96. The smallest absolute Gasteiger partial charge is 0.335 e. The Bertz CT molecular complexity index is 459. The molecule has 0 saturated carbocycles. The van der Waals surface area contributed by atoms with Crippen LogP contribution in [0.2, 0.25) is 0 Å². The van der Waals surface area contributed by atoms with Crippen molar-refractivity contribution in [3.8, 4) is 0 Å². The van der Waals surface area contributed by atoms with Gasteiger partial charge in [0.15, 0.2) is 0 Å². The first-order chi connectivity index (χ1) is 9.56. The van der Waals surface area contributed by atoms with Gasteiger partial charge in [-0.25, -0.2) is 4.79 Å². The highest BCUT2D eigenvalue weighted by molar-refractivity contribution is 5.87. The van der Waals surface area contributed by atoms with Gasteiger partial charge in [0.2, 0.25) is 0 Å². The van der Waals surface area contributed by atoms with E-state index in [1.807, 2.05) is 13.0 Å². The Labute approximate surface area is 120 Å². The number of hydrogen-bond donors (Lipinski definition) is 2. The predicted octanol–water partition coefficient (Wildman–Crippen LogP) is 2.51. The minimum Gasteiger partial charge on any atom is -0.478 e. The predicted molar refractivity (Wildman–Crippen MR) is 77.7 cm³/mol. The number of aliphatic hydroxyl groups is 1. The van der Waals surface area contributed by atoms with Gasteiger partial charge in [-0.2, -0.15) is 0 Å². The van der Waals surface area contributed by atoms with E-state index in [0.717, 1.165) is 31.5 Å². The summed E-state index contributed by atoms with van der Waals surface area (Å²) in [6.07, 6.45) is 4.01. The number of carboxylic acids is 1. The van der Waals surface area contributed by atoms with E-state index in [1.165, 1.54) is 12.8 Å². The van der Waals surface area contributed by atoms with Crippen molar-refractivity contribution in [1.82, 2.24) is 4.90 Å². The summed E-state index contributed by atoms with van der Waals surface area (Å²) in [6, 6.07) is 7.54. The average Bonchev–Trinajstić information content (AvgIpc) is 2.41. The largest absolute Gasteiger partial charge is 0.478 e. The van der Waals surface area contributed by atoms with Crippen LogP contribution in [0.5, 0.6) is 0 Å². The average molecular weight is 277 g/mol. The Hall–Kier alpha value is -1.39. The maximum atomic E-state index is 11.0. The van der Waals surface area contributed by atoms with Crippen LogP contribution < -0.4 is 0 Å². The topological polar surface area (TPSA) is 60.8 Å². The molecule has 0 aromatic heterocycles. The highest BCUT2D eigenvalue weighted by Crippen LogP contribution is 2.23. The Balaban J connectivity index is 2.06. The van der Waals surface area contributed by atoms with Gasteiger partial charge < -0.3 is 10.2 Å². The number of carbonyl (C=O) groups is 1. The molecule has 0 spiro atoms. The molecule has 0 aliphatic carbocycles. The second kappa shape index (κ2) is 6.86. The van der Waals surface area contributed by atoms with Crippen LogP contribution in [0.25, 0.3) is 0 Å². The fourth-order valence-corrected chi connectivity index (χ4v) is 2.97. The van der Waals surface area contributed by atoms with Crippen LogP contribution >= 0.6 is 0 Å². The van der Waals surface area contributed by atoms with Crippen LogP contribution in [-0.2, 0) is 6.54 Å². The maximum absolute atomic E-state index is 11.0. The van der Waals surface area contributed by atoms with Gasteiger partial charge in [-0.1, -0.05) is 18.6 Å². The number of piperidine rings is 1. The van der Waals surface area contributed by atoms with Crippen LogP contribution in [0.15, 0.2) is 24.3 Å². The van der Waals surface area contributed by atoms with Crippen molar-refractivity contribution in [3.05, 3.63) is 35.4 Å². The van der Waals surface area contributed by atoms with Crippen molar-refractivity contribution >= 4 is 5.97 Å². The monoisotopic (exact) mass is 277 g/mol. The lowest BCUT2D eigenvalue weighted by Gasteiger charge is -2.36. The molecule has 1 saturated heterocycles. The second-order valence-electron chi connectivity index (χ2n) is 5.71. The third-order valence-electron chi connectivity index (χ3n) is 3.92. The number of benzene rings is 1. The third-order valence-corrected chi connectivity index (χ3v) is 3.92. The first-order valence-electron chi connectivity index (χ1n) is 7.30. The van der Waals surface area contributed by atoms with E-state index in [9.17, 15) is 9.90 Å². The molecule has 1 aromatic carbocycles. The molecule has 110 valence electrons. The van der Waals surface area contributed by atoms with Crippen molar-refractivity contribution in [1.29, 1.82) is 0 Å². The first-order valence-corrected chi connectivity index (χ1v) is 7.30. The van der Waals surface area contributed by atoms with E-state index in [2.05, 4.69) is 4.90 Å². The van der Waals surface area contributed by atoms with Crippen molar-refractivity contribution in [2.24, 2.45) is 0 Å². The van der Waals surface area contributed by atoms with Crippen molar-refractivity contribution < 1.29 is 15.0 Å². The normalized spacial score (nSPS) is 21.6. The van der Waals surface area contributed by atoms with Crippen LogP contribution in [0.3, 0.4) is 0 Å². The van der Waals surface area contributed by atoms with E-state index < -0.39 is 5.97 Å². The molecule has 0 amide bonds. The molecule has 4 heteroatoms. The Kier molecular flexibility index (Phi) is 5.15. The van der Waals surface area contributed by atoms with E-state index >= 15 is 0 Å². The zero-order valence-electron chi connectivity index (χ0n) is 12.0. The third kappa shape index (κ3) is 4.05. The quantitative estimate of drug-likeness (QED) is 0.868. The van der Waals surface area contributed by atoms with E-state index in [1.54, 1.807) is 18.2 Å². The van der Waals surface area contributed by atoms with Crippen molar-refractivity contribution in [3.63, 3.8) is 0 Å². The van der Waals surface area contributed by atoms with Crippen molar-refractivity contribution in [2.45, 2.75) is 51.3 Å². The van der Waals surface area contributed by atoms with Gasteiger partial charge >= 0.3 is 5.97 Å². The number of rotatable bonds is 5. The summed E-state index contributed by atoms with van der Waals surface area (Å²) < 4.78 is 0. The summed E-state index contributed by atoms with van der Waals surface area (Å²) in [5, 5.41) is 18.6. The molecule has 1 aliphatic rings. The number of likely N-dealkylation sites (tertiary alicyclic amines) is 1. The standard InChI is InChI=1S/C16H23NO3/c1-12(18)9-15-7-2-3-8-17(15)11-13-5-4-6-14(10-13)16(19)20/h4-6,10,12,15,18H,2-3,7-9,11H2,1H3,(H,19,20). The molecule has 2 atom stereocenters. The SMILES string of the molecule is CC(O)CC1CCCCN1Cc1cccc(C(=O)O)c1. The van der Waals surface area contributed by atoms with Gasteiger partial charge in [0, 0.05) is 12.6 Å². The molecule has 1 aliphatic heterocycles. The van der Waals surface area contributed by atoms with Gasteiger partial charge in [0.1, 0.15) is 0 Å². The lowest BCUT2D eigenvalue weighted by molar-refractivity contribution is 0.0696. The van der Waals surface area contributed by atoms with Gasteiger partial charge in [0.05, 0.1) is 11.7 Å². The maximum Gasteiger partial charge on any atom is 0.335 e. The zero-order valence-corrected chi connectivity index (χ0v) is 12.0. The summed E-state index contributed by atoms with van der Waals surface area (Å²) >= 11 is 0. The summed E-state index contributed by atoms with van der Waals surface area (Å²) in [7, 11) is 0. The number of nitrogens with zero attached hydrogens (tertiary/aromatic N) is 1. The summed E-state index contributed by atoms with van der Waals surface area (Å²) in [6.45, 7) is 3.62.